The summed E-state index contributed by atoms with van der Waals surface area (Å²) < 4.78 is 0. The molecule has 4 nitrogen and oxygen atoms in total. The maximum atomic E-state index is 11.7. The van der Waals surface area contributed by atoms with Gasteiger partial charge in [-0.15, -0.1) is 0 Å². The van der Waals surface area contributed by atoms with Gasteiger partial charge in [0.05, 0.1) is 5.52 Å². The lowest BCUT2D eigenvalue weighted by atomic mass is 10.2. The Bertz CT molecular complexity index is 556. The summed E-state index contributed by atoms with van der Waals surface area (Å²) in [6.07, 6.45) is 0. The lowest BCUT2D eigenvalue weighted by molar-refractivity contribution is 0.0950. The van der Waals surface area contributed by atoms with Crippen LogP contribution in [0.2, 0.25) is 5.02 Å². The second kappa shape index (κ2) is 5.12. The molecule has 5 heteroatoms. The Morgan fingerprint density at radius 3 is 2.88 bits per heavy atom. The molecule has 2 aromatic rings. The van der Waals surface area contributed by atoms with Crippen molar-refractivity contribution in [2.24, 2.45) is 5.73 Å². The fraction of sp³-hybridized carbons (Fsp3) is 0.167. The Morgan fingerprint density at radius 1 is 1.35 bits per heavy atom. The quantitative estimate of drug-likeness (QED) is 0.868. The minimum Gasteiger partial charge on any atom is -0.349 e. The first-order chi connectivity index (χ1) is 8.20. The molecule has 17 heavy (non-hydrogen) atoms. The van der Waals surface area contributed by atoms with Crippen LogP contribution in [0, 0.1) is 0 Å². The molecule has 3 N–H and O–H groups in total. The van der Waals surface area contributed by atoms with Gasteiger partial charge in [0.25, 0.3) is 5.91 Å². The van der Waals surface area contributed by atoms with Crippen LogP contribution in [-0.4, -0.2) is 24.0 Å². The van der Waals surface area contributed by atoms with Crippen molar-refractivity contribution >= 4 is 28.4 Å². The van der Waals surface area contributed by atoms with Gasteiger partial charge in [-0.25, -0.2) is 4.98 Å². The summed E-state index contributed by atoms with van der Waals surface area (Å²) in [7, 11) is 0. The highest BCUT2D eigenvalue weighted by atomic mass is 35.5. The van der Waals surface area contributed by atoms with Gasteiger partial charge in [-0.1, -0.05) is 23.7 Å². The number of pyridine rings is 1. The van der Waals surface area contributed by atoms with Gasteiger partial charge in [-0.3, -0.25) is 4.79 Å². The zero-order valence-electron chi connectivity index (χ0n) is 9.11. The summed E-state index contributed by atoms with van der Waals surface area (Å²) in [5, 5.41) is 4.22. The number of fused-ring (bicyclic) bond motifs is 1. The summed E-state index contributed by atoms with van der Waals surface area (Å²) in [5.41, 5.74) is 6.39. The van der Waals surface area contributed by atoms with E-state index >= 15 is 0 Å². The molecule has 0 aliphatic heterocycles. The van der Waals surface area contributed by atoms with Crippen LogP contribution in [0.4, 0.5) is 0 Å². The molecule has 0 atom stereocenters. The first-order valence-corrected chi connectivity index (χ1v) is 5.63. The number of carbonyl (C=O) groups excluding carboxylic acids is 1. The molecule has 88 valence electrons. The van der Waals surface area contributed by atoms with E-state index in [2.05, 4.69) is 10.3 Å². The van der Waals surface area contributed by atoms with Crippen LogP contribution in [0.1, 0.15) is 10.5 Å². The number of nitrogens with one attached hydrogen (secondary N) is 1. The summed E-state index contributed by atoms with van der Waals surface area (Å²) >= 11 is 5.88. The van der Waals surface area contributed by atoms with Crippen LogP contribution in [0.25, 0.3) is 10.9 Å². The van der Waals surface area contributed by atoms with Crippen molar-refractivity contribution in [1.29, 1.82) is 0 Å². The number of benzene rings is 1. The molecule has 0 aliphatic carbocycles. The SMILES string of the molecule is NCCNC(=O)c1ccc2ccc(Cl)cc2n1. The van der Waals surface area contributed by atoms with Gasteiger partial charge < -0.3 is 11.1 Å². The maximum absolute atomic E-state index is 11.7. The average molecular weight is 250 g/mol. The molecule has 0 saturated heterocycles. The highest BCUT2D eigenvalue weighted by Crippen LogP contribution is 2.17. The van der Waals surface area contributed by atoms with E-state index in [0.717, 1.165) is 5.39 Å². The third-order valence-corrected chi connectivity index (χ3v) is 2.55. The minimum atomic E-state index is -0.225. The van der Waals surface area contributed by atoms with E-state index < -0.39 is 0 Å². The van der Waals surface area contributed by atoms with Crippen LogP contribution >= 0.6 is 11.6 Å². The van der Waals surface area contributed by atoms with E-state index in [0.29, 0.717) is 29.3 Å². The summed E-state index contributed by atoms with van der Waals surface area (Å²) in [6, 6.07) is 8.92. The molecule has 0 saturated carbocycles. The van der Waals surface area contributed by atoms with E-state index in [4.69, 9.17) is 17.3 Å². The Hall–Kier alpha value is -1.65. The Balaban J connectivity index is 2.33. The molecule has 0 unspecified atom stereocenters. The second-order valence-corrected chi connectivity index (χ2v) is 4.01. The third-order valence-electron chi connectivity index (χ3n) is 2.32. The summed E-state index contributed by atoms with van der Waals surface area (Å²) in [4.78, 5) is 15.9. The van der Waals surface area contributed by atoms with Crippen molar-refractivity contribution in [2.75, 3.05) is 13.1 Å². The normalized spacial score (nSPS) is 10.5. The van der Waals surface area contributed by atoms with E-state index in [-0.39, 0.29) is 5.91 Å². The average Bonchev–Trinajstić information content (AvgIpc) is 2.35. The summed E-state index contributed by atoms with van der Waals surface area (Å²) in [6.45, 7) is 0.846. The van der Waals surface area contributed by atoms with Gasteiger partial charge in [0.2, 0.25) is 0 Å². The van der Waals surface area contributed by atoms with E-state index in [1.807, 2.05) is 12.1 Å². The van der Waals surface area contributed by atoms with Gasteiger partial charge >= 0.3 is 0 Å². The molecule has 1 amide bonds. The smallest absolute Gasteiger partial charge is 0.269 e. The van der Waals surface area contributed by atoms with Crippen molar-refractivity contribution in [3.05, 3.63) is 41.0 Å². The molecule has 0 aliphatic rings. The predicted molar refractivity (Wildman–Crippen MR) is 68.1 cm³/mol. The number of rotatable bonds is 3. The van der Waals surface area contributed by atoms with E-state index in [1.165, 1.54) is 0 Å². The Kier molecular flexibility index (Phi) is 3.56. The standard InChI is InChI=1S/C12H12ClN3O/c13-9-3-1-8-2-4-10(16-11(8)7-9)12(17)15-6-5-14/h1-4,7H,5-6,14H2,(H,15,17). The van der Waals surface area contributed by atoms with E-state index in [9.17, 15) is 4.79 Å². The second-order valence-electron chi connectivity index (χ2n) is 3.58. The number of aromatic nitrogens is 1. The van der Waals surface area contributed by atoms with Crippen molar-refractivity contribution in [3.63, 3.8) is 0 Å². The van der Waals surface area contributed by atoms with Gasteiger partial charge in [-0.05, 0) is 18.2 Å². The molecule has 0 fully saturated rings. The topological polar surface area (TPSA) is 68.0 Å². The number of carbonyl (C=O) groups is 1. The predicted octanol–water partition coefficient (Wildman–Crippen LogP) is 1.58. The van der Waals surface area contributed by atoms with Gasteiger partial charge in [0, 0.05) is 23.5 Å². The number of hydrogen-bond acceptors (Lipinski definition) is 3. The Labute approximate surface area is 104 Å². The highest BCUT2D eigenvalue weighted by Gasteiger charge is 2.07. The number of amides is 1. The molecule has 1 aromatic carbocycles. The molecule has 2 rings (SSSR count). The molecule has 0 radical (unpaired) electrons. The van der Waals surface area contributed by atoms with Gasteiger partial charge in [0.15, 0.2) is 0 Å². The first kappa shape index (κ1) is 11.8. The van der Waals surface area contributed by atoms with Crippen LogP contribution in [0.15, 0.2) is 30.3 Å². The van der Waals surface area contributed by atoms with Crippen molar-refractivity contribution in [1.82, 2.24) is 10.3 Å². The molecular weight excluding hydrogens is 238 g/mol. The number of nitrogens with zero attached hydrogens (tertiary/aromatic N) is 1. The largest absolute Gasteiger partial charge is 0.349 e. The number of nitrogens with two attached hydrogens (primary N) is 1. The van der Waals surface area contributed by atoms with Crippen LogP contribution in [0.5, 0.6) is 0 Å². The number of hydrogen-bond donors (Lipinski definition) is 2. The minimum absolute atomic E-state index is 0.225. The van der Waals surface area contributed by atoms with Crippen molar-refractivity contribution in [2.45, 2.75) is 0 Å². The summed E-state index contributed by atoms with van der Waals surface area (Å²) in [5.74, 6) is -0.225. The maximum Gasteiger partial charge on any atom is 0.269 e. The molecule has 0 spiro atoms. The Morgan fingerprint density at radius 2 is 2.12 bits per heavy atom. The molecule has 1 aromatic heterocycles. The van der Waals surface area contributed by atoms with Crippen molar-refractivity contribution < 1.29 is 4.79 Å². The highest BCUT2D eigenvalue weighted by molar-refractivity contribution is 6.31. The molecular formula is C12H12ClN3O. The lowest BCUT2D eigenvalue weighted by Crippen LogP contribution is -2.29. The molecule has 1 heterocycles. The zero-order valence-corrected chi connectivity index (χ0v) is 9.87. The fourth-order valence-electron chi connectivity index (χ4n) is 1.49. The van der Waals surface area contributed by atoms with Crippen LogP contribution in [0.3, 0.4) is 0 Å². The van der Waals surface area contributed by atoms with E-state index in [1.54, 1.807) is 18.2 Å². The zero-order chi connectivity index (χ0) is 12.3. The van der Waals surface area contributed by atoms with Gasteiger partial charge in [-0.2, -0.15) is 0 Å². The lowest BCUT2D eigenvalue weighted by Gasteiger charge is -2.04. The third kappa shape index (κ3) is 2.72. The van der Waals surface area contributed by atoms with Crippen LogP contribution in [-0.2, 0) is 0 Å². The molecule has 0 bridgehead atoms. The fourth-order valence-corrected chi connectivity index (χ4v) is 1.66. The first-order valence-electron chi connectivity index (χ1n) is 5.25. The van der Waals surface area contributed by atoms with Crippen LogP contribution < -0.4 is 11.1 Å². The van der Waals surface area contributed by atoms with Gasteiger partial charge in [0.1, 0.15) is 5.69 Å². The number of halogens is 1. The monoisotopic (exact) mass is 249 g/mol. The van der Waals surface area contributed by atoms with Crippen molar-refractivity contribution in [3.8, 4) is 0 Å².